The fourth-order valence-electron chi connectivity index (χ4n) is 4.02. The number of para-hydroxylation sites is 1. The van der Waals surface area contributed by atoms with Crippen molar-refractivity contribution in [3.8, 4) is 17.2 Å². The average Bonchev–Trinajstić information content (AvgIpc) is 3.06. The molecule has 0 aromatic heterocycles. The number of benzene rings is 2. The van der Waals surface area contributed by atoms with Gasteiger partial charge in [-0.15, -0.1) is 0 Å². The van der Waals surface area contributed by atoms with Crippen LogP contribution in [0, 0.1) is 0 Å². The number of fused-ring (bicyclic) bond motifs is 1. The van der Waals surface area contributed by atoms with Crippen LogP contribution in [0.2, 0.25) is 0 Å². The minimum absolute atomic E-state index is 0.0323. The number of rotatable bonds is 6. The van der Waals surface area contributed by atoms with E-state index in [4.69, 9.17) is 14.2 Å². The molecule has 2 aliphatic heterocycles. The quantitative estimate of drug-likeness (QED) is 0.397. The first-order chi connectivity index (χ1) is 15.4. The third kappa shape index (κ3) is 3.89. The van der Waals surface area contributed by atoms with Crippen molar-refractivity contribution in [1.29, 1.82) is 0 Å². The minimum atomic E-state index is -0.765. The molecule has 1 saturated heterocycles. The van der Waals surface area contributed by atoms with Crippen molar-refractivity contribution in [2.45, 2.75) is 6.04 Å². The number of quaternary nitrogens is 1. The summed E-state index contributed by atoms with van der Waals surface area (Å²) in [5.74, 6) is -0.0167. The number of hydrogen-bond donors (Lipinski definition) is 2. The molecule has 2 aromatic rings. The van der Waals surface area contributed by atoms with Crippen molar-refractivity contribution in [3.05, 3.63) is 59.2 Å². The van der Waals surface area contributed by atoms with Gasteiger partial charge in [0, 0.05) is 11.1 Å². The van der Waals surface area contributed by atoms with Crippen LogP contribution in [0.4, 0.5) is 0 Å². The van der Waals surface area contributed by atoms with Crippen molar-refractivity contribution >= 4 is 17.4 Å². The lowest BCUT2D eigenvalue weighted by atomic mass is 9.94. The van der Waals surface area contributed by atoms with E-state index < -0.39 is 17.7 Å². The van der Waals surface area contributed by atoms with Gasteiger partial charge in [0.15, 0.2) is 11.5 Å². The summed E-state index contributed by atoms with van der Waals surface area (Å²) in [7, 11) is 5.49. The van der Waals surface area contributed by atoms with E-state index in [0.29, 0.717) is 54.7 Å². The van der Waals surface area contributed by atoms with Crippen LogP contribution in [0.25, 0.3) is 5.76 Å². The number of carbonyl (C=O) groups excluding carboxylic acids is 2. The smallest absolute Gasteiger partial charge is 0.295 e. The van der Waals surface area contributed by atoms with E-state index in [1.54, 1.807) is 24.3 Å². The van der Waals surface area contributed by atoms with Crippen molar-refractivity contribution in [1.82, 2.24) is 4.90 Å². The topological polar surface area (TPSA) is 89.7 Å². The molecule has 0 bridgehead atoms. The summed E-state index contributed by atoms with van der Waals surface area (Å²) in [6, 6.07) is 11.4. The van der Waals surface area contributed by atoms with Gasteiger partial charge in [-0.1, -0.05) is 18.2 Å². The summed E-state index contributed by atoms with van der Waals surface area (Å²) in [5.41, 5.74) is 1.05. The van der Waals surface area contributed by atoms with Crippen LogP contribution in [0.5, 0.6) is 17.2 Å². The number of likely N-dealkylation sites (N-methyl/N-ethyl adjacent to an activating group) is 1. The second-order valence-corrected chi connectivity index (χ2v) is 8.05. The molecule has 1 amide bonds. The highest BCUT2D eigenvalue weighted by molar-refractivity contribution is 6.46. The molecule has 0 saturated carbocycles. The maximum Gasteiger partial charge on any atom is 0.295 e. The SMILES string of the molecule is COc1ccccc1[C@H]1C(=C(O)c2ccc3c(c2)OCCO3)C(=O)C(=O)N1CC[NH+](C)C. The number of likely N-dealkylation sites (tertiary alicyclic amines) is 1. The number of aliphatic hydroxyl groups is 1. The van der Waals surface area contributed by atoms with E-state index >= 15 is 0 Å². The maximum absolute atomic E-state index is 13.1. The fraction of sp³-hybridized carbons (Fsp3) is 0.333. The number of nitrogens with one attached hydrogen (secondary N) is 1. The molecule has 2 N–H and O–H groups in total. The van der Waals surface area contributed by atoms with Gasteiger partial charge < -0.3 is 29.1 Å². The number of ketones is 1. The normalized spacial score (nSPS) is 19.5. The first-order valence-electron chi connectivity index (χ1n) is 10.5. The molecule has 0 spiro atoms. The first-order valence-corrected chi connectivity index (χ1v) is 10.5. The second-order valence-electron chi connectivity index (χ2n) is 8.05. The Morgan fingerprint density at radius 3 is 2.56 bits per heavy atom. The molecule has 1 fully saturated rings. The molecular formula is C24H27N2O6+. The third-order valence-electron chi connectivity index (χ3n) is 5.64. The monoisotopic (exact) mass is 439 g/mol. The zero-order valence-corrected chi connectivity index (χ0v) is 18.4. The zero-order valence-electron chi connectivity index (χ0n) is 18.4. The molecular weight excluding hydrogens is 412 g/mol. The molecule has 0 radical (unpaired) electrons. The predicted molar refractivity (Wildman–Crippen MR) is 117 cm³/mol. The Bertz CT molecular complexity index is 1080. The van der Waals surface area contributed by atoms with Crippen LogP contribution in [0.15, 0.2) is 48.0 Å². The summed E-state index contributed by atoms with van der Waals surface area (Å²) >= 11 is 0. The predicted octanol–water partition coefficient (Wildman–Crippen LogP) is 1.03. The summed E-state index contributed by atoms with van der Waals surface area (Å²) in [4.78, 5) is 28.8. The Hall–Kier alpha value is -3.52. The van der Waals surface area contributed by atoms with E-state index in [-0.39, 0.29) is 11.3 Å². The number of carbonyl (C=O) groups is 2. The lowest BCUT2D eigenvalue weighted by Gasteiger charge is -2.27. The molecule has 32 heavy (non-hydrogen) atoms. The largest absolute Gasteiger partial charge is 0.507 e. The maximum atomic E-state index is 13.1. The summed E-state index contributed by atoms with van der Waals surface area (Å²) in [6.07, 6.45) is 0. The summed E-state index contributed by atoms with van der Waals surface area (Å²) < 4.78 is 16.7. The molecule has 4 rings (SSSR count). The number of ether oxygens (including phenoxy) is 3. The van der Waals surface area contributed by atoms with Crippen LogP contribution in [-0.2, 0) is 9.59 Å². The van der Waals surface area contributed by atoms with Crippen LogP contribution in [0.1, 0.15) is 17.2 Å². The van der Waals surface area contributed by atoms with Gasteiger partial charge in [0.05, 0.1) is 45.9 Å². The lowest BCUT2D eigenvalue weighted by Crippen LogP contribution is -3.06. The van der Waals surface area contributed by atoms with E-state index in [9.17, 15) is 14.7 Å². The Kier molecular flexibility index (Phi) is 6.05. The first kappa shape index (κ1) is 21.7. The van der Waals surface area contributed by atoms with Crippen molar-refractivity contribution in [3.63, 3.8) is 0 Å². The highest BCUT2D eigenvalue weighted by atomic mass is 16.6. The van der Waals surface area contributed by atoms with E-state index in [2.05, 4.69) is 0 Å². The molecule has 2 aliphatic rings. The number of Topliss-reactive ketones (excluding diaryl/α,β-unsaturated/α-hetero) is 1. The second kappa shape index (κ2) is 8.92. The Morgan fingerprint density at radius 2 is 1.84 bits per heavy atom. The molecule has 0 aliphatic carbocycles. The van der Waals surface area contributed by atoms with Gasteiger partial charge >= 0.3 is 0 Å². The molecule has 2 heterocycles. The Morgan fingerprint density at radius 1 is 1.12 bits per heavy atom. The summed E-state index contributed by atoms with van der Waals surface area (Å²) in [5, 5.41) is 11.2. The molecule has 168 valence electrons. The molecule has 2 aromatic carbocycles. The number of nitrogens with zero attached hydrogens (tertiary/aromatic N) is 1. The van der Waals surface area contributed by atoms with Crippen molar-refractivity contribution < 1.29 is 33.8 Å². The van der Waals surface area contributed by atoms with Crippen LogP contribution >= 0.6 is 0 Å². The standard InChI is InChI=1S/C24H26N2O6/c1-25(2)10-11-26-21(16-6-4-5-7-17(16)30-3)20(23(28)24(26)29)22(27)15-8-9-18-19(14-15)32-13-12-31-18/h4-9,14,21,27H,10-13H2,1-3H3/p+1/t21-/m0/s1. The van der Waals surface area contributed by atoms with E-state index in [1.807, 2.05) is 32.3 Å². The van der Waals surface area contributed by atoms with Gasteiger partial charge in [-0.05, 0) is 24.3 Å². The fourth-order valence-corrected chi connectivity index (χ4v) is 4.02. The average molecular weight is 439 g/mol. The highest BCUT2D eigenvalue weighted by Gasteiger charge is 2.47. The highest BCUT2D eigenvalue weighted by Crippen LogP contribution is 2.43. The number of hydrogen-bond acceptors (Lipinski definition) is 6. The van der Waals surface area contributed by atoms with Gasteiger partial charge in [0.2, 0.25) is 0 Å². The van der Waals surface area contributed by atoms with Crippen LogP contribution < -0.4 is 19.1 Å². The number of methoxy groups -OCH3 is 1. The summed E-state index contributed by atoms with van der Waals surface area (Å²) in [6.45, 7) is 1.84. The Labute approximate surface area is 186 Å². The van der Waals surface area contributed by atoms with Crippen LogP contribution in [0.3, 0.4) is 0 Å². The third-order valence-corrected chi connectivity index (χ3v) is 5.64. The number of amides is 1. The van der Waals surface area contributed by atoms with Gasteiger partial charge in [-0.2, -0.15) is 0 Å². The van der Waals surface area contributed by atoms with Crippen molar-refractivity contribution in [2.24, 2.45) is 0 Å². The van der Waals surface area contributed by atoms with E-state index in [1.165, 1.54) is 12.0 Å². The van der Waals surface area contributed by atoms with E-state index in [0.717, 1.165) is 4.90 Å². The zero-order chi connectivity index (χ0) is 22.8. The van der Waals surface area contributed by atoms with Crippen molar-refractivity contribution in [2.75, 3.05) is 47.5 Å². The van der Waals surface area contributed by atoms with Gasteiger partial charge in [-0.25, -0.2) is 0 Å². The van der Waals surface area contributed by atoms with Crippen LogP contribution in [-0.4, -0.2) is 69.2 Å². The molecule has 0 unspecified atom stereocenters. The van der Waals surface area contributed by atoms with Gasteiger partial charge in [-0.3, -0.25) is 9.59 Å². The van der Waals surface area contributed by atoms with Gasteiger partial charge in [0.1, 0.15) is 24.7 Å². The minimum Gasteiger partial charge on any atom is -0.507 e. The molecule has 1 atom stereocenters. The Balaban J connectivity index is 1.85. The number of aliphatic hydroxyl groups excluding tert-OH is 1. The molecule has 8 heteroatoms. The van der Waals surface area contributed by atoms with Gasteiger partial charge in [0.25, 0.3) is 11.7 Å². The lowest BCUT2D eigenvalue weighted by molar-refractivity contribution is -0.857. The molecule has 8 nitrogen and oxygen atoms in total.